The number of aromatic nitrogens is 2. The van der Waals surface area contributed by atoms with E-state index in [1.165, 1.54) is 12.1 Å². The molecule has 1 N–H and O–H groups in total. The first-order valence-corrected chi connectivity index (χ1v) is 5.51. The summed E-state index contributed by atoms with van der Waals surface area (Å²) < 4.78 is 7.23. The fourth-order valence-corrected chi connectivity index (χ4v) is 2.21. The van der Waals surface area contributed by atoms with Crippen LogP contribution in [-0.2, 0) is 7.05 Å². The van der Waals surface area contributed by atoms with Crippen molar-refractivity contribution in [1.82, 2.24) is 15.1 Å². The molecule has 0 bridgehead atoms. The van der Waals surface area contributed by atoms with Crippen molar-refractivity contribution in [2.75, 3.05) is 13.7 Å². The monoisotopic (exact) mass is 209 g/mol. The summed E-state index contributed by atoms with van der Waals surface area (Å²) in [7, 11) is 3.67. The Morgan fingerprint density at radius 2 is 2.33 bits per heavy atom. The van der Waals surface area contributed by atoms with Crippen molar-refractivity contribution >= 4 is 0 Å². The molecule has 0 spiro atoms. The lowest BCUT2D eigenvalue weighted by Crippen LogP contribution is -2.33. The second-order valence-electron chi connectivity index (χ2n) is 4.37. The summed E-state index contributed by atoms with van der Waals surface area (Å²) in [5, 5.41) is 7.78. The maximum Gasteiger partial charge on any atom is 0.161 e. The fraction of sp³-hybridized carbons (Fsp3) is 0.727. The Kier molecular flexibility index (Phi) is 2.95. The third-order valence-electron chi connectivity index (χ3n) is 3.16. The van der Waals surface area contributed by atoms with Gasteiger partial charge in [0.15, 0.2) is 5.75 Å². The lowest BCUT2D eigenvalue weighted by atomic mass is 9.94. The second kappa shape index (κ2) is 4.23. The van der Waals surface area contributed by atoms with Crippen molar-refractivity contribution < 1.29 is 4.74 Å². The molecule has 15 heavy (non-hydrogen) atoms. The third kappa shape index (κ3) is 2.00. The van der Waals surface area contributed by atoms with E-state index in [2.05, 4.69) is 17.3 Å². The molecule has 2 atom stereocenters. The van der Waals surface area contributed by atoms with Crippen LogP contribution in [0.15, 0.2) is 6.20 Å². The Morgan fingerprint density at radius 3 is 2.93 bits per heavy atom. The molecule has 0 aliphatic carbocycles. The summed E-state index contributed by atoms with van der Waals surface area (Å²) in [5.41, 5.74) is 1.17. The highest BCUT2D eigenvalue weighted by Gasteiger charge is 2.24. The van der Waals surface area contributed by atoms with Gasteiger partial charge in [0, 0.05) is 7.05 Å². The predicted octanol–water partition coefficient (Wildman–Crippen LogP) is 1.49. The van der Waals surface area contributed by atoms with Gasteiger partial charge >= 0.3 is 0 Å². The molecule has 2 unspecified atom stereocenters. The molecule has 84 valence electrons. The van der Waals surface area contributed by atoms with E-state index >= 15 is 0 Å². The molecular weight excluding hydrogens is 190 g/mol. The highest BCUT2D eigenvalue weighted by atomic mass is 16.5. The van der Waals surface area contributed by atoms with Crippen molar-refractivity contribution in [3.8, 4) is 5.75 Å². The van der Waals surface area contributed by atoms with Gasteiger partial charge in [0.1, 0.15) is 0 Å². The van der Waals surface area contributed by atoms with Crippen molar-refractivity contribution in [1.29, 1.82) is 0 Å². The number of rotatable bonds is 2. The number of hydrogen-bond donors (Lipinski definition) is 1. The second-order valence-corrected chi connectivity index (χ2v) is 4.37. The lowest BCUT2D eigenvalue weighted by Gasteiger charge is -2.28. The molecule has 1 aliphatic heterocycles. The summed E-state index contributed by atoms with van der Waals surface area (Å²) >= 11 is 0. The molecule has 4 nitrogen and oxygen atoms in total. The first kappa shape index (κ1) is 10.5. The minimum Gasteiger partial charge on any atom is -0.493 e. The number of nitrogens with one attached hydrogen (secondary N) is 1. The molecule has 1 saturated heterocycles. The molecule has 0 amide bonds. The van der Waals surface area contributed by atoms with Gasteiger partial charge in [0.25, 0.3) is 0 Å². The first-order valence-electron chi connectivity index (χ1n) is 5.51. The number of hydrogen-bond acceptors (Lipinski definition) is 3. The van der Waals surface area contributed by atoms with Crippen molar-refractivity contribution in [3.63, 3.8) is 0 Å². The van der Waals surface area contributed by atoms with Crippen LogP contribution < -0.4 is 10.1 Å². The quantitative estimate of drug-likeness (QED) is 0.802. The number of nitrogens with zero attached hydrogens (tertiary/aromatic N) is 2. The summed E-state index contributed by atoms with van der Waals surface area (Å²) in [5.74, 6) is 1.67. The Hall–Kier alpha value is -1.03. The Balaban J connectivity index is 2.17. The topological polar surface area (TPSA) is 39.1 Å². The molecule has 0 saturated carbocycles. The number of piperidine rings is 1. The zero-order valence-corrected chi connectivity index (χ0v) is 9.66. The normalized spacial score (nSPS) is 26.6. The average Bonchev–Trinajstić information content (AvgIpc) is 2.61. The lowest BCUT2D eigenvalue weighted by molar-refractivity contribution is 0.312. The van der Waals surface area contributed by atoms with Gasteiger partial charge in [0.05, 0.1) is 25.0 Å². The number of ether oxygens (including phenoxy) is 1. The van der Waals surface area contributed by atoms with E-state index in [0.29, 0.717) is 6.04 Å². The molecule has 4 heteroatoms. The van der Waals surface area contributed by atoms with Crippen LogP contribution in [0.3, 0.4) is 0 Å². The molecule has 1 aliphatic rings. The van der Waals surface area contributed by atoms with Gasteiger partial charge in [-0.25, -0.2) is 0 Å². The smallest absolute Gasteiger partial charge is 0.161 e. The zero-order valence-electron chi connectivity index (χ0n) is 9.66. The van der Waals surface area contributed by atoms with E-state index in [1.54, 1.807) is 13.3 Å². The van der Waals surface area contributed by atoms with E-state index < -0.39 is 0 Å². The van der Waals surface area contributed by atoms with Gasteiger partial charge in [-0.3, -0.25) is 4.68 Å². The van der Waals surface area contributed by atoms with Crippen LogP contribution in [-0.4, -0.2) is 23.4 Å². The van der Waals surface area contributed by atoms with Crippen molar-refractivity contribution in [3.05, 3.63) is 11.9 Å². The molecule has 1 aromatic rings. The standard InChI is InChI=1S/C11H19N3O/c1-8-4-5-9(12-6-8)11-10(15-3)7-13-14(11)2/h7-9,12H,4-6H2,1-3H3. The molecule has 2 rings (SSSR count). The van der Waals surface area contributed by atoms with Crippen LogP contribution in [0.4, 0.5) is 0 Å². The van der Waals surface area contributed by atoms with Gasteiger partial charge < -0.3 is 10.1 Å². The molecular formula is C11H19N3O. The Bertz CT molecular complexity index is 327. The van der Waals surface area contributed by atoms with Crippen LogP contribution >= 0.6 is 0 Å². The Morgan fingerprint density at radius 1 is 1.53 bits per heavy atom. The summed E-state index contributed by atoms with van der Waals surface area (Å²) in [6.07, 6.45) is 4.22. The van der Waals surface area contributed by atoms with Crippen LogP contribution in [0.5, 0.6) is 5.75 Å². The van der Waals surface area contributed by atoms with Gasteiger partial charge in [-0.15, -0.1) is 0 Å². The van der Waals surface area contributed by atoms with Crippen LogP contribution in [0.25, 0.3) is 0 Å². The highest BCUT2D eigenvalue weighted by Crippen LogP contribution is 2.30. The average molecular weight is 209 g/mol. The molecule has 0 aromatic carbocycles. The van der Waals surface area contributed by atoms with E-state index in [4.69, 9.17) is 4.74 Å². The van der Waals surface area contributed by atoms with Gasteiger partial charge in [-0.1, -0.05) is 6.92 Å². The summed E-state index contributed by atoms with van der Waals surface area (Å²) in [6.45, 7) is 3.36. The number of methoxy groups -OCH3 is 1. The van der Waals surface area contributed by atoms with E-state index in [9.17, 15) is 0 Å². The molecule has 1 aromatic heterocycles. The SMILES string of the molecule is COc1cnn(C)c1C1CCC(C)CN1. The maximum atomic E-state index is 5.32. The highest BCUT2D eigenvalue weighted by molar-refractivity contribution is 5.28. The zero-order chi connectivity index (χ0) is 10.8. The summed E-state index contributed by atoms with van der Waals surface area (Å²) in [6, 6.07) is 0.392. The fourth-order valence-electron chi connectivity index (χ4n) is 2.21. The van der Waals surface area contributed by atoms with Crippen LogP contribution in [0.1, 0.15) is 31.5 Å². The minimum atomic E-state index is 0.392. The van der Waals surface area contributed by atoms with Crippen molar-refractivity contribution in [2.45, 2.75) is 25.8 Å². The Labute approximate surface area is 90.6 Å². The third-order valence-corrected chi connectivity index (χ3v) is 3.16. The largest absolute Gasteiger partial charge is 0.493 e. The van der Waals surface area contributed by atoms with E-state index in [1.807, 2.05) is 11.7 Å². The summed E-state index contributed by atoms with van der Waals surface area (Å²) in [4.78, 5) is 0. The van der Waals surface area contributed by atoms with Gasteiger partial charge in [0.2, 0.25) is 0 Å². The van der Waals surface area contributed by atoms with Gasteiger partial charge in [-0.2, -0.15) is 5.10 Å². The van der Waals surface area contributed by atoms with E-state index in [0.717, 1.165) is 24.6 Å². The van der Waals surface area contributed by atoms with E-state index in [-0.39, 0.29) is 0 Å². The van der Waals surface area contributed by atoms with Crippen LogP contribution in [0.2, 0.25) is 0 Å². The molecule has 2 heterocycles. The number of aryl methyl sites for hydroxylation is 1. The van der Waals surface area contributed by atoms with Crippen LogP contribution in [0, 0.1) is 5.92 Å². The molecule has 1 fully saturated rings. The minimum absolute atomic E-state index is 0.392. The first-order chi connectivity index (χ1) is 7.22. The predicted molar refractivity (Wildman–Crippen MR) is 58.9 cm³/mol. The maximum absolute atomic E-state index is 5.32. The molecule has 0 radical (unpaired) electrons. The van der Waals surface area contributed by atoms with Gasteiger partial charge in [-0.05, 0) is 25.3 Å². The van der Waals surface area contributed by atoms with Crippen molar-refractivity contribution in [2.24, 2.45) is 13.0 Å².